The number of aromatic nitrogens is 2. The van der Waals surface area contributed by atoms with Gasteiger partial charge in [0.1, 0.15) is 17.3 Å². The molecule has 46 heavy (non-hydrogen) atoms. The van der Waals surface area contributed by atoms with Crippen LogP contribution in [0.3, 0.4) is 0 Å². The fourth-order valence-electron chi connectivity index (χ4n) is 6.80. The minimum absolute atomic E-state index is 0.436. The van der Waals surface area contributed by atoms with Crippen LogP contribution in [0.15, 0.2) is 54.9 Å². The number of carbonyl (C=O) groups is 1. The van der Waals surface area contributed by atoms with Crippen molar-refractivity contribution in [1.82, 2.24) is 19.8 Å². The molecule has 4 heterocycles. The first-order chi connectivity index (χ1) is 22.4. The Bertz CT molecular complexity index is 1690. The molecule has 2 aliphatic heterocycles. The molecular weight excluding hydrogens is 578 g/mol. The second-order valence-electron chi connectivity index (χ2n) is 12.5. The number of morpholine rings is 1. The summed E-state index contributed by atoms with van der Waals surface area (Å²) in [6, 6.07) is 14.3. The lowest BCUT2D eigenvalue weighted by Crippen LogP contribution is -2.44. The first-order valence-electron chi connectivity index (χ1n) is 16.5. The molecule has 9 heteroatoms. The van der Waals surface area contributed by atoms with Crippen molar-refractivity contribution in [1.29, 1.82) is 0 Å². The quantitative estimate of drug-likeness (QED) is 0.181. The Kier molecular flexibility index (Phi) is 10.1. The van der Waals surface area contributed by atoms with Gasteiger partial charge in [-0.15, -0.1) is 0 Å². The lowest BCUT2D eigenvalue weighted by Gasteiger charge is -2.32. The van der Waals surface area contributed by atoms with E-state index in [4.69, 9.17) is 14.5 Å². The second-order valence-corrected chi connectivity index (χ2v) is 12.5. The van der Waals surface area contributed by atoms with E-state index >= 15 is 0 Å². The van der Waals surface area contributed by atoms with E-state index in [9.17, 15) is 9.90 Å². The molecule has 0 amide bonds. The number of piperidine rings is 1. The Labute approximate surface area is 271 Å². The van der Waals surface area contributed by atoms with Crippen molar-refractivity contribution >= 4 is 28.4 Å². The molecule has 2 N–H and O–H groups in total. The van der Waals surface area contributed by atoms with Crippen LogP contribution in [0.25, 0.3) is 22.0 Å². The predicted molar refractivity (Wildman–Crippen MR) is 182 cm³/mol. The van der Waals surface area contributed by atoms with Crippen LogP contribution in [-0.2, 0) is 16.1 Å². The fraction of sp³-hybridized carbons (Fsp3) is 0.432. The van der Waals surface area contributed by atoms with Crippen LogP contribution in [-0.4, -0.2) is 82.9 Å². The first kappa shape index (κ1) is 31.9. The topological polar surface area (TPSA) is 100 Å². The van der Waals surface area contributed by atoms with Gasteiger partial charge in [0.05, 0.1) is 19.8 Å². The molecule has 9 nitrogen and oxygen atoms in total. The Morgan fingerprint density at radius 3 is 2.67 bits per heavy atom. The van der Waals surface area contributed by atoms with Gasteiger partial charge in [-0.1, -0.05) is 30.7 Å². The van der Waals surface area contributed by atoms with E-state index < -0.39 is 12.0 Å². The summed E-state index contributed by atoms with van der Waals surface area (Å²) in [6.45, 7) is 13.1. The molecule has 0 bridgehead atoms. The summed E-state index contributed by atoms with van der Waals surface area (Å²) in [5, 5.41) is 14.2. The fourth-order valence-corrected chi connectivity index (χ4v) is 6.80. The molecule has 6 rings (SSSR count). The number of likely N-dealkylation sites (tertiary alicyclic amines) is 1. The van der Waals surface area contributed by atoms with Crippen LogP contribution in [0.4, 0.5) is 11.5 Å². The molecule has 0 spiro atoms. The van der Waals surface area contributed by atoms with E-state index in [0.29, 0.717) is 25.4 Å². The number of hydrogen-bond donors (Lipinski definition) is 2. The molecule has 242 valence electrons. The highest BCUT2D eigenvalue weighted by molar-refractivity contribution is 5.91. The number of carboxylic acids is 1. The molecule has 1 atom stereocenters. The number of benzene rings is 2. The van der Waals surface area contributed by atoms with E-state index in [0.717, 1.165) is 114 Å². The molecule has 2 fully saturated rings. The molecule has 2 saturated heterocycles. The molecule has 2 aromatic heterocycles. The lowest BCUT2D eigenvalue weighted by atomic mass is 9.93. The van der Waals surface area contributed by atoms with Gasteiger partial charge in [0.25, 0.3) is 0 Å². The van der Waals surface area contributed by atoms with Gasteiger partial charge in [0.2, 0.25) is 0 Å². The molecule has 0 saturated carbocycles. The van der Waals surface area contributed by atoms with Crippen LogP contribution < -0.4 is 10.1 Å². The number of anilines is 2. The zero-order valence-electron chi connectivity index (χ0n) is 27.2. The summed E-state index contributed by atoms with van der Waals surface area (Å²) >= 11 is 0. The van der Waals surface area contributed by atoms with E-state index in [1.807, 2.05) is 12.3 Å². The molecule has 2 aromatic carbocycles. The number of ether oxygens (including phenoxy) is 2. The summed E-state index contributed by atoms with van der Waals surface area (Å²) in [4.78, 5) is 25.7. The zero-order chi connectivity index (χ0) is 32.0. The Hall–Kier alpha value is -4.05. The minimum atomic E-state index is -0.745. The van der Waals surface area contributed by atoms with Crippen molar-refractivity contribution in [3.63, 3.8) is 0 Å². The highest BCUT2D eigenvalue weighted by atomic mass is 16.5. The maximum absolute atomic E-state index is 11.8. The van der Waals surface area contributed by atoms with Crippen molar-refractivity contribution in [2.45, 2.75) is 59.0 Å². The third-order valence-corrected chi connectivity index (χ3v) is 9.39. The van der Waals surface area contributed by atoms with Crippen molar-refractivity contribution in [2.24, 2.45) is 0 Å². The van der Waals surface area contributed by atoms with Crippen molar-refractivity contribution < 1.29 is 19.4 Å². The van der Waals surface area contributed by atoms with Gasteiger partial charge in [-0.2, -0.15) is 0 Å². The van der Waals surface area contributed by atoms with Crippen LogP contribution in [0.2, 0.25) is 0 Å². The SMILES string of the molecule is Cc1ccc(-c2cccc(Nc3nccc4cc(CN5CCCCC5C(=O)O)cnc34)c2C)c(C)c1OCCCN1CCOCC1. The maximum atomic E-state index is 11.8. The van der Waals surface area contributed by atoms with Crippen molar-refractivity contribution in [3.8, 4) is 16.9 Å². The highest BCUT2D eigenvalue weighted by Gasteiger charge is 2.28. The Morgan fingerprint density at radius 1 is 1.02 bits per heavy atom. The Morgan fingerprint density at radius 2 is 1.85 bits per heavy atom. The minimum Gasteiger partial charge on any atom is -0.493 e. The molecule has 1 unspecified atom stereocenters. The number of carboxylic acid groups (broad SMARTS) is 1. The number of aryl methyl sites for hydroxylation is 1. The van der Waals surface area contributed by atoms with Gasteiger partial charge in [0, 0.05) is 49.6 Å². The predicted octanol–water partition coefficient (Wildman–Crippen LogP) is 6.51. The van der Waals surface area contributed by atoms with Crippen LogP contribution in [0.1, 0.15) is 47.9 Å². The highest BCUT2D eigenvalue weighted by Crippen LogP contribution is 2.37. The Balaban J connectivity index is 1.19. The van der Waals surface area contributed by atoms with E-state index in [2.05, 4.69) is 77.3 Å². The van der Waals surface area contributed by atoms with Crippen molar-refractivity contribution in [2.75, 3.05) is 51.3 Å². The molecule has 4 aromatic rings. The standard InChI is InChI=1S/C37H45N5O4/c1-25-11-12-31(27(3)35(25)46-19-7-15-41-17-20-45-21-18-41)30-8-6-9-32(26(30)2)40-36-34-29(13-14-38-36)22-28(23-39-34)24-42-16-5-4-10-33(42)37(43)44/h6,8-9,11-14,22-23,33H,4-5,7,10,15-21,24H2,1-3H3,(H,38,40)(H,43,44). The normalized spacial score (nSPS) is 17.7. The monoisotopic (exact) mass is 623 g/mol. The zero-order valence-corrected chi connectivity index (χ0v) is 27.2. The number of nitrogens with one attached hydrogen (secondary N) is 1. The number of pyridine rings is 2. The number of nitrogens with zero attached hydrogens (tertiary/aromatic N) is 4. The maximum Gasteiger partial charge on any atom is 0.320 e. The number of hydrogen-bond acceptors (Lipinski definition) is 8. The van der Waals surface area contributed by atoms with Gasteiger partial charge in [0.15, 0.2) is 5.82 Å². The molecule has 2 aliphatic rings. The van der Waals surface area contributed by atoms with Gasteiger partial charge >= 0.3 is 5.97 Å². The van der Waals surface area contributed by atoms with Crippen LogP contribution in [0, 0.1) is 20.8 Å². The van der Waals surface area contributed by atoms with Gasteiger partial charge in [-0.3, -0.25) is 19.6 Å². The number of rotatable bonds is 11. The van der Waals surface area contributed by atoms with E-state index in [1.54, 1.807) is 6.20 Å². The summed E-state index contributed by atoms with van der Waals surface area (Å²) in [6.07, 6.45) is 7.30. The molecule has 0 radical (unpaired) electrons. The second kappa shape index (κ2) is 14.6. The van der Waals surface area contributed by atoms with E-state index in [1.165, 1.54) is 0 Å². The molecular formula is C37H45N5O4. The largest absolute Gasteiger partial charge is 0.493 e. The van der Waals surface area contributed by atoms with Gasteiger partial charge < -0.3 is 19.9 Å². The third kappa shape index (κ3) is 7.17. The van der Waals surface area contributed by atoms with Crippen molar-refractivity contribution in [3.05, 3.63) is 77.1 Å². The first-order valence-corrected chi connectivity index (χ1v) is 16.5. The summed E-state index contributed by atoms with van der Waals surface area (Å²) in [5.41, 5.74) is 8.45. The van der Waals surface area contributed by atoms with E-state index in [-0.39, 0.29) is 0 Å². The number of aliphatic carboxylic acids is 1. The average Bonchev–Trinajstić information content (AvgIpc) is 3.06. The summed E-state index contributed by atoms with van der Waals surface area (Å²) in [7, 11) is 0. The van der Waals surface area contributed by atoms with Gasteiger partial charge in [-0.05, 0) is 98.2 Å². The summed E-state index contributed by atoms with van der Waals surface area (Å²) < 4.78 is 11.9. The number of fused-ring (bicyclic) bond motifs is 1. The third-order valence-electron chi connectivity index (χ3n) is 9.39. The molecule has 0 aliphatic carbocycles. The van der Waals surface area contributed by atoms with Gasteiger partial charge in [-0.25, -0.2) is 4.98 Å². The smallest absolute Gasteiger partial charge is 0.320 e. The lowest BCUT2D eigenvalue weighted by molar-refractivity contribution is -0.144. The summed E-state index contributed by atoms with van der Waals surface area (Å²) in [5.74, 6) is 0.911. The van der Waals surface area contributed by atoms with Crippen LogP contribution >= 0.6 is 0 Å². The van der Waals surface area contributed by atoms with Crippen LogP contribution in [0.5, 0.6) is 5.75 Å². The average molecular weight is 624 g/mol.